The summed E-state index contributed by atoms with van der Waals surface area (Å²) in [4.78, 5) is 13.5. The molecule has 5 nitrogen and oxygen atoms in total. The highest BCUT2D eigenvalue weighted by atomic mass is 16.6. The molecule has 0 fully saturated rings. The van der Waals surface area contributed by atoms with Crippen LogP contribution in [0.15, 0.2) is 24.3 Å². The van der Waals surface area contributed by atoms with Crippen LogP contribution in [0.25, 0.3) is 0 Å². The van der Waals surface area contributed by atoms with E-state index in [2.05, 4.69) is 0 Å². The molecule has 1 heterocycles. The van der Waals surface area contributed by atoms with Crippen LogP contribution >= 0.6 is 0 Å². The Morgan fingerprint density at radius 1 is 1.42 bits per heavy atom. The van der Waals surface area contributed by atoms with Crippen molar-refractivity contribution in [1.82, 2.24) is 4.90 Å². The second kappa shape index (κ2) is 6.43. The number of para-hydroxylation sites is 2. The molecule has 0 saturated carbocycles. The van der Waals surface area contributed by atoms with Gasteiger partial charge >= 0.3 is 0 Å². The van der Waals surface area contributed by atoms with Crippen LogP contribution < -0.4 is 9.47 Å². The summed E-state index contributed by atoms with van der Waals surface area (Å²) in [5, 5.41) is 0. The summed E-state index contributed by atoms with van der Waals surface area (Å²) in [6.07, 6.45) is -0.143. The topological polar surface area (TPSA) is 48.0 Å². The molecule has 0 aromatic heterocycles. The van der Waals surface area contributed by atoms with E-state index in [0.717, 1.165) is 11.5 Å². The van der Waals surface area contributed by atoms with Gasteiger partial charge in [0.15, 0.2) is 17.6 Å². The van der Waals surface area contributed by atoms with Gasteiger partial charge in [-0.1, -0.05) is 12.1 Å². The third-order valence-electron chi connectivity index (χ3n) is 2.99. The zero-order valence-electron chi connectivity index (χ0n) is 11.3. The molecule has 1 aromatic carbocycles. The average Bonchev–Trinajstić information content (AvgIpc) is 2.44. The number of likely N-dealkylation sites (N-methyl/N-ethyl adjacent to an activating group) is 1. The van der Waals surface area contributed by atoms with Crippen LogP contribution in [0.5, 0.6) is 11.5 Å². The monoisotopic (exact) mass is 265 g/mol. The normalized spacial score (nSPS) is 17.1. The van der Waals surface area contributed by atoms with Gasteiger partial charge in [0, 0.05) is 13.7 Å². The van der Waals surface area contributed by atoms with Gasteiger partial charge in [0.2, 0.25) is 5.91 Å². The van der Waals surface area contributed by atoms with Crippen LogP contribution in [0.2, 0.25) is 0 Å². The van der Waals surface area contributed by atoms with Crippen LogP contribution in [-0.2, 0) is 9.53 Å². The first-order valence-corrected chi connectivity index (χ1v) is 6.39. The second-order valence-electron chi connectivity index (χ2n) is 4.36. The van der Waals surface area contributed by atoms with E-state index < -0.39 is 0 Å². The van der Waals surface area contributed by atoms with Gasteiger partial charge < -0.3 is 19.1 Å². The molecule has 1 amide bonds. The average molecular weight is 265 g/mol. The number of carbonyl (C=O) groups excluding carboxylic acids is 1. The maximum Gasteiger partial charge on any atom is 0.248 e. The molecule has 1 atom stereocenters. The molecule has 5 heteroatoms. The highest BCUT2D eigenvalue weighted by molar-refractivity contribution is 5.77. The van der Waals surface area contributed by atoms with E-state index in [1.54, 1.807) is 4.90 Å². The molecular weight excluding hydrogens is 246 g/mol. The fourth-order valence-corrected chi connectivity index (χ4v) is 2.02. The number of methoxy groups -OCH3 is 1. The third-order valence-corrected chi connectivity index (χ3v) is 2.99. The lowest BCUT2D eigenvalue weighted by Crippen LogP contribution is -2.44. The summed E-state index contributed by atoms with van der Waals surface area (Å²) >= 11 is 0. The van der Waals surface area contributed by atoms with Crippen molar-refractivity contribution in [3.05, 3.63) is 24.3 Å². The van der Waals surface area contributed by atoms with Gasteiger partial charge in [-0.25, -0.2) is 0 Å². The Kier molecular flexibility index (Phi) is 4.63. The lowest BCUT2D eigenvalue weighted by molar-refractivity contribution is -0.136. The van der Waals surface area contributed by atoms with Gasteiger partial charge in [0.05, 0.1) is 6.54 Å². The van der Waals surface area contributed by atoms with E-state index in [1.165, 1.54) is 7.11 Å². The molecule has 1 aliphatic heterocycles. The van der Waals surface area contributed by atoms with Crippen molar-refractivity contribution in [3.8, 4) is 11.5 Å². The van der Waals surface area contributed by atoms with E-state index in [4.69, 9.17) is 14.2 Å². The Bertz CT molecular complexity index is 435. The zero-order chi connectivity index (χ0) is 13.7. The molecule has 1 aliphatic rings. The van der Waals surface area contributed by atoms with Crippen LogP contribution in [0.3, 0.4) is 0 Å². The molecular formula is C14H19NO4. The van der Waals surface area contributed by atoms with Crippen molar-refractivity contribution in [3.63, 3.8) is 0 Å². The molecule has 104 valence electrons. The fraction of sp³-hybridized carbons (Fsp3) is 0.500. The third kappa shape index (κ3) is 3.38. The number of benzene rings is 1. The summed E-state index contributed by atoms with van der Waals surface area (Å²) in [7, 11) is 1.52. The number of hydrogen-bond acceptors (Lipinski definition) is 4. The minimum Gasteiger partial charge on any atom is -0.486 e. The Morgan fingerprint density at radius 2 is 2.16 bits per heavy atom. The Hall–Kier alpha value is -1.75. The van der Waals surface area contributed by atoms with Crippen LogP contribution in [0.4, 0.5) is 0 Å². The lowest BCUT2D eigenvalue weighted by Gasteiger charge is -2.30. The number of ether oxygens (including phenoxy) is 3. The molecule has 0 N–H and O–H groups in total. The van der Waals surface area contributed by atoms with Gasteiger partial charge in [0.1, 0.15) is 13.2 Å². The number of fused-ring (bicyclic) bond motifs is 1. The second-order valence-corrected chi connectivity index (χ2v) is 4.36. The highest BCUT2D eigenvalue weighted by Gasteiger charge is 2.24. The minimum absolute atomic E-state index is 0.0348. The van der Waals surface area contributed by atoms with Gasteiger partial charge in [-0.05, 0) is 19.1 Å². The van der Waals surface area contributed by atoms with Gasteiger partial charge in [-0.15, -0.1) is 0 Å². The first kappa shape index (κ1) is 13.7. The zero-order valence-corrected chi connectivity index (χ0v) is 11.3. The van der Waals surface area contributed by atoms with Crippen molar-refractivity contribution in [2.24, 2.45) is 0 Å². The maximum atomic E-state index is 11.8. The Morgan fingerprint density at radius 3 is 2.84 bits per heavy atom. The van der Waals surface area contributed by atoms with Crippen molar-refractivity contribution in [1.29, 1.82) is 0 Å². The van der Waals surface area contributed by atoms with Crippen LogP contribution in [0, 0.1) is 0 Å². The highest BCUT2D eigenvalue weighted by Crippen LogP contribution is 2.30. The van der Waals surface area contributed by atoms with Crippen LogP contribution in [0.1, 0.15) is 6.92 Å². The standard InChI is InChI=1S/C14H19NO4/c1-3-15(14(16)10-17-2)8-11-9-18-12-6-4-5-7-13(12)19-11/h4-7,11H,3,8-10H2,1-2H3/t11-/m1/s1. The van der Waals surface area contributed by atoms with E-state index in [1.807, 2.05) is 31.2 Å². The summed E-state index contributed by atoms with van der Waals surface area (Å²) in [5.74, 6) is 1.45. The number of rotatable bonds is 5. The first-order valence-electron chi connectivity index (χ1n) is 6.39. The summed E-state index contributed by atoms with van der Waals surface area (Å²) < 4.78 is 16.3. The van der Waals surface area contributed by atoms with Gasteiger partial charge in [-0.2, -0.15) is 0 Å². The van der Waals surface area contributed by atoms with Crippen LogP contribution in [-0.4, -0.2) is 50.3 Å². The predicted octanol–water partition coefficient (Wildman–Crippen LogP) is 1.32. The number of hydrogen-bond donors (Lipinski definition) is 0. The summed E-state index contributed by atoms with van der Waals surface area (Å²) in [5.41, 5.74) is 0. The largest absolute Gasteiger partial charge is 0.486 e. The number of carbonyl (C=O) groups is 1. The smallest absolute Gasteiger partial charge is 0.248 e. The first-order chi connectivity index (χ1) is 9.24. The molecule has 0 saturated heterocycles. The SMILES string of the molecule is CCN(C[C@@H]1COc2ccccc2O1)C(=O)COC. The molecule has 0 bridgehead atoms. The molecule has 2 rings (SSSR count). The van der Waals surface area contributed by atoms with Gasteiger partial charge in [0.25, 0.3) is 0 Å². The summed E-state index contributed by atoms with van der Waals surface area (Å²) in [6, 6.07) is 7.55. The van der Waals surface area contributed by atoms with Crippen molar-refractivity contribution in [2.45, 2.75) is 13.0 Å². The quantitative estimate of drug-likeness (QED) is 0.805. The predicted molar refractivity (Wildman–Crippen MR) is 70.5 cm³/mol. The molecule has 0 radical (unpaired) electrons. The van der Waals surface area contributed by atoms with E-state index in [-0.39, 0.29) is 18.6 Å². The number of amides is 1. The number of nitrogens with zero attached hydrogens (tertiary/aromatic N) is 1. The lowest BCUT2D eigenvalue weighted by atomic mass is 10.2. The minimum atomic E-state index is -0.143. The van der Waals surface area contributed by atoms with E-state index >= 15 is 0 Å². The molecule has 0 unspecified atom stereocenters. The maximum absolute atomic E-state index is 11.8. The molecule has 0 aliphatic carbocycles. The Labute approximate surface area is 113 Å². The summed E-state index contributed by atoms with van der Waals surface area (Å²) in [6.45, 7) is 3.62. The molecule has 0 spiro atoms. The van der Waals surface area contributed by atoms with E-state index in [9.17, 15) is 4.79 Å². The molecule has 1 aromatic rings. The van der Waals surface area contributed by atoms with Crippen molar-refractivity contribution >= 4 is 5.91 Å². The van der Waals surface area contributed by atoms with E-state index in [0.29, 0.717) is 19.7 Å². The van der Waals surface area contributed by atoms with Crippen molar-refractivity contribution in [2.75, 3.05) is 33.4 Å². The Balaban J connectivity index is 1.95. The van der Waals surface area contributed by atoms with Crippen molar-refractivity contribution < 1.29 is 19.0 Å². The molecule has 19 heavy (non-hydrogen) atoms. The fourth-order valence-electron chi connectivity index (χ4n) is 2.02. The van der Waals surface area contributed by atoms with Gasteiger partial charge in [-0.3, -0.25) is 4.79 Å².